The molecule has 1 fully saturated rings. The minimum absolute atomic E-state index is 0.213. The van der Waals surface area contributed by atoms with Crippen molar-refractivity contribution in [3.05, 3.63) is 62.9 Å². The topological polar surface area (TPSA) is 135 Å². The minimum atomic E-state index is -4.23. The number of nitrogens with one attached hydrogen (secondary N) is 1. The molecule has 37 heavy (non-hydrogen) atoms. The molecule has 3 aromatic rings. The first-order chi connectivity index (χ1) is 17.7. The number of anilines is 1. The smallest absolute Gasteiger partial charge is 0.278 e. The number of nitro benzene ring substituents is 1. The van der Waals surface area contributed by atoms with Gasteiger partial charge in [0.1, 0.15) is 4.90 Å². The summed E-state index contributed by atoms with van der Waals surface area (Å²) in [5, 5.41) is 19.8. The molecule has 4 rings (SSSR count). The summed E-state index contributed by atoms with van der Waals surface area (Å²) in [6, 6.07) is 7.51. The van der Waals surface area contributed by atoms with Gasteiger partial charge in [-0.15, -0.1) is 0 Å². The Bertz CT molecular complexity index is 1420. The number of ether oxygens (including phenoxy) is 1. The van der Waals surface area contributed by atoms with E-state index >= 15 is 0 Å². The summed E-state index contributed by atoms with van der Waals surface area (Å²) in [5.41, 5.74) is 1.81. The minimum Gasteiger partial charge on any atom is -0.379 e. The summed E-state index contributed by atoms with van der Waals surface area (Å²) in [4.78, 5) is 16.9. The lowest BCUT2D eigenvalue weighted by Crippen LogP contribution is -2.38. The van der Waals surface area contributed by atoms with E-state index in [0.29, 0.717) is 36.7 Å². The van der Waals surface area contributed by atoms with Crippen LogP contribution in [0.5, 0.6) is 0 Å². The Morgan fingerprint density at radius 2 is 2.05 bits per heavy atom. The second kappa shape index (κ2) is 11.5. The van der Waals surface area contributed by atoms with E-state index in [1.165, 1.54) is 12.1 Å². The third-order valence-electron chi connectivity index (χ3n) is 6.13. The van der Waals surface area contributed by atoms with Gasteiger partial charge in [-0.3, -0.25) is 15.0 Å². The molecular weight excluding hydrogens is 566 g/mol. The largest absolute Gasteiger partial charge is 0.379 e. The third kappa shape index (κ3) is 6.44. The van der Waals surface area contributed by atoms with Crippen molar-refractivity contribution in [1.82, 2.24) is 19.3 Å². The van der Waals surface area contributed by atoms with Crippen LogP contribution in [-0.4, -0.2) is 80.0 Å². The van der Waals surface area contributed by atoms with Gasteiger partial charge in [0.2, 0.25) is 0 Å². The number of halogens is 1. The van der Waals surface area contributed by atoms with Crippen molar-refractivity contribution < 1.29 is 18.1 Å². The second-order valence-electron chi connectivity index (χ2n) is 8.66. The maximum Gasteiger partial charge on any atom is 0.278 e. The van der Waals surface area contributed by atoms with Gasteiger partial charge in [-0.2, -0.15) is 23.4 Å². The van der Waals surface area contributed by atoms with Gasteiger partial charge in [0.15, 0.2) is 0 Å². The summed E-state index contributed by atoms with van der Waals surface area (Å²) in [7, 11) is -2.46. The average Bonchev–Trinajstić information content (AvgIpc) is 3.30. The van der Waals surface area contributed by atoms with Crippen molar-refractivity contribution in [2.75, 3.05) is 51.3 Å². The third-order valence-corrected chi connectivity index (χ3v) is 7.86. The van der Waals surface area contributed by atoms with E-state index in [2.05, 4.69) is 35.9 Å². The van der Waals surface area contributed by atoms with Crippen LogP contribution in [0, 0.1) is 10.1 Å². The molecule has 3 heterocycles. The van der Waals surface area contributed by atoms with E-state index in [0.717, 1.165) is 42.1 Å². The van der Waals surface area contributed by atoms with E-state index in [-0.39, 0.29) is 10.6 Å². The standard InChI is InChI=1S/C23H28BrN7O5S/c1-17(20-16-25-30-9-6-18(24)14-22(20)30)26-27-37(34,35)23-15-19(31(32)33)4-5-21(23)28(2)7-3-8-29-10-12-36-13-11-29/h4-6,9,14-16,27H,3,7-8,10-13H2,1-2H3/b26-17+. The monoisotopic (exact) mass is 593 g/mol. The number of hydrogen-bond donors (Lipinski definition) is 1. The number of pyridine rings is 1. The molecule has 0 amide bonds. The molecule has 0 spiro atoms. The lowest BCUT2D eigenvalue weighted by atomic mass is 10.2. The summed E-state index contributed by atoms with van der Waals surface area (Å²) in [6.07, 6.45) is 4.16. The highest BCUT2D eigenvalue weighted by Crippen LogP contribution is 2.29. The predicted octanol–water partition coefficient (Wildman–Crippen LogP) is 2.87. The van der Waals surface area contributed by atoms with Crippen molar-refractivity contribution in [2.45, 2.75) is 18.2 Å². The van der Waals surface area contributed by atoms with E-state index in [1.54, 1.807) is 35.8 Å². The van der Waals surface area contributed by atoms with Gasteiger partial charge in [-0.1, -0.05) is 15.9 Å². The molecule has 2 aromatic heterocycles. The van der Waals surface area contributed by atoms with Crippen molar-refractivity contribution in [3.63, 3.8) is 0 Å². The summed E-state index contributed by atoms with van der Waals surface area (Å²) in [5.74, 6) is 0. The number of nitro groups is 1. The Balaban J connectivity index is 1.56. The molecule has 198 valence electrons. The van der Waals surface area contributed by atoms with Crippen LogP contribution in [0.15, 0.2) is 57.2 Å². The number of sulfonamides is 1. The first-order valence-corrected chi connectivity index (χ1v) is 13.9. The molecule has 0 aliphatic carbocycles. The summed E-state index contributed by atoms with van der Waals surface area (Å²) in [6.45, 7) is 6.22. The number of nitrogens with zero attached hydrogens (tertiary/aromatic N) is 6. The lowest BCUT2D eigenvalue weighted by Gasteiger charge is -2.28. The van der Waals surface area contributed by atoms with Crippen LogP contribution in [0.3, 0.4) is 0 Å². The zero-order chi connectivity index (χ0) is 26.6. The normalized spacial score (nSPS) is 15.2. The van der Waals surface area contributed by atoms with Crippen LogP contribution >= 0.6 is 15.9 Å². The first-order valence-electron chi connectivity index (χ1n) is 11.6. The van der Waals surface area contributed by atoms with Gasteiger partial charge in [-0.25, -0.2) is 4.52 Å². The Morgan fingerprint density at radius 3 is 2.78 bits per heavy atom. The Kier molecular flexibility index (Phi) is 8.42. The van der Waals surface area contributed by atoms with Gasteiger partial charge in [-0.05, 0) is 31.5 Å². The van der Waals surface area contributed by atoms with Gasteiger partial charge < -0.3 is 9.64 Å². The van der Waals surface area contributed by atoms with Crippen LogP contribution in [0.25, 0.3) is 5.52 Å². The molecule has 0 unspecified atom stereocenters. The number of benzene rings is 1. The Labute approximate surface area is 223 Å². The van der Waals surface area contributed by atoms with Crippen LogP contribution in [0.4, 0.5) is 11.4 Å². The van der Waals surface area contributed by atoms with Crippen LogP contribution in [0.1, 0.15) is 18.9 Å². The fraction of sp³-hybridized carbons (Fsp3) is 0.391. The second-order valence-corrected chi connectivity index (χ2v) is 11.2. The molecule has 1 N–H and O–H groups in total. The first kappa shape index (κ1) is 27.0. The number of morpholine rings is 1. The van der Waals surface area contributed by atoms with E-state index in [9.17, 15) is 18.5 Å². The van der Waals surface area contributed by atoms with Crippen LogP contribution in [0.2, 0.25) is 0 Å². The number of non-ortho nitro benzene ring substituents is 1. The van der Waals surface area contributed by atoms with Gasteiger partial charge in [0.05, 0.1) is 41.2 Å². The van der Waals surface area contributed by atoms with Gasteiger partial charge in [0, 0.05) is 61.6 Å². The Morgan fingerprint density at radius 1 is 1.30 bits per heavy atom. The van der Waals surface area contributed by atoms with Crippen molar-refractivity contribution in [1.29, 1.82) is 0 Å². The maximum atomic E-state index is 13.3. The fourth-order valence-electron chi connectivity index (χ4n) is 4.10. The molecular formula is C23H28BrN7O5S. The molecule has 12 nitrogen and oxygen atoms in total. The highest BCUT2D eigenvalue weighted by molar-refractivity contribution is 9.10. The molecule has 1 aromatic carbocycles. The van der Waals surface area contributed by atoms with E-state index in [4.69, 9.17) is 4.74 Å². The molecule has 1 saturated heterocycles. The highest BCUT2D eigenvalue weighted by Gasteiger charge is 2.24. The maximum absolute atomic E-state index is 13.3. The number of fused-ring (bicyclic) bond motifs is 1. The fourth-order valence-corrected chi connectivity index (χ4v) is 5.56. The molecule has 0 saturated carbocycles. The molecule has 0 radical (unpaired) electrons. The zero-order valence-electron chi connectivity index (χ0n) is 20.5. The molecule has 0 bridgehead atoms. The van der Waals surface area contributed by atoms with Crippen molar-refractivity contribution in [3.8, 4) is 0 Å². The predicted molar refractivity (Wildman–Crippen MR) is 144 cm³/mol. The van der Waals surface area contributed by atoms with Crippen molar-refractivity contribution in [2.24, 2.45) is 5.10 Å². The lowest BCUT2D eigenvalue weighted by molar-refractivity contribution is -0.385. The summed E-state index contributed by atoms with van der Waals surface area (Å²) < 4.78 is 34.5. The molecule has 0 atom stereocenters. The quantitative estimate of drug-likeness (QED) is 0.215. The van der Waals surface area contributed by atoms with Gasteiger partial charge in [0.25, 0.3) is 15.7 Å². The number of hydrogen-bond acceptors (Lipinski definition) is 9. The zero-order valence-corrected chi connectivity index (χ0v) is 22.9. The Hall–Kier alpha value is -3.07. The molecule has 1 aliphatic rings. The van der Waals surface area contributed by atoms with E-state index in [1.807, 2.05) is 12.1 Å². The summed E-state index contributed by atoms with van der Waals surface area (Å²) >= 11 is 3.42. The van der Waals surface area contributed by atoms with Crippen LogP contribution in [-0.2, 0) is 14.8 Å². The molecule has 1 aliphatic heterocycles. The SMILES string of the molecule is C/C(=N\NS(=O)(=O)c1cc([N+](=O)[O-])ccc1N(C)CCCN1CCOCC1)c1cnn2ccc(Br)cc12. The van der Waals surface area contributed by atoms with Gasteiger partial charge >= 0.3 is 0 Å². The van der Waals surface area contributed by atoms with E-state index < -0.39 is 14.9 Å². The van der Waals surface area contributed by atoms with Crippen LogP contribution < -0.4 is 9.73 Å². The highest BCUT2D eigenvalue weighted by atomic mass is 79.9. The number of hydrazone groups is 1. The average molecular weight is 594 g/mol. The molecule has 14 heteroatoms. The number of rotatable bonds is 10. The number of aromatic nitrogens is 2. The van der Waals surface area contributed by atoms with Crippen molar-refractivity contribution >= 4 is 48.6 Å².